The summed E-state index contributed by atoms with van der Waals surface area (Å²) in [5, 5.41) is 23.5. The Bertz CT molecular complexity index is 611. The maximum absolute atomic E-state index is 12.2. The summed E-state index contributed by atoms with van der Waals surface area (Å²) >= 11 is 0. The number of carbonyl (C=O) groups is 1. The molecule has 0 bridgehead atoms. The molecule has 0 radical (unpaired) electrons. The van der Waals surface area contributed by atoms with Crippen LogP contribution in [0.2, 0.25) is 0 Å². The predicted octanol–water partition coefficient (Wildman–Crippen LogP) is 0.562. The largest absolute Gasteiger partial charge is 0.393 e. The number of aryl methyl sites for hydroxylation is 1. The minimum absolute atomic E-state index is 0.0113. The van der Waals surface area contributed by atoms with Crippen molar-refractivity contribution in [3.05, 3.63) is 42.2 Å². The van der Waals surface area contributed by atoms with Crippen LogP contribution in [-0.4, -0.2) is 43.4 Å². The number of nitrogens with one attached hydrogen (secondary N) is 1. The Morgan fingerprint density at radius 1 is 1.35 bits per heavy atom. The highest BCUT2D eigenvalue weighted by Gasteiger charge is 2.34. The molecule has 1 aromatic carbocycles. The van der Waals surface area contributed by atoms with E-state index in [0.717, 1.165) is 19.3 Å². The van der Waals surface area contributed by atoms with Gasteiger partial charge in [0, 0.05) is 12.5 Å². The van der Waals surface area contributed by atoms with Gasteiger partial charge in [0.2, 0.25) is 5.91 Å². The molecule has 7 nitrogen and oxygen atoms in total. The van der Waals surface area contributed by atoms with E-state index in [1.54, 1.807) is 4.68 Å². The summed E-state index contributed by atoms with van der Waals surface area (Å²) in [4.78, 5) is 12.2. The van der Waals surface area contributed by atoms with E-state index < -0.39 is 0 Å². The lowest BCUT2D eigenvalue weighted by Crippen LogP contribution is -2.48. The second-order valence-electron chi connectivity index (χ2n) is 6.07. The third-order valence-electron chi connectivity index (χ3n) is 4.32. The molecule has 1 amide bonds. The number of aliphatic hydroxyl groups excluding tert-OH is 1. The number of amides is 1. The highest BCUT2D eigenvalue weighted by Crippen LogP contribution is 2.31. The van der Waals surface area contributed by atoms with Gasteiger partial charge in [-0.05, 0) is 41.2 Å². The molecule has 1 aliphatic rings. The molecule has 2 N–H and O–H groups in total. The van der Waals surface area contributed by atoms with Crippen molar-refractivity contribution in [2.75, 3.05) is 0 Å². The average molecular weight is 315 g/mol. The first-order chi connectivity index (χ1) is 11.2. The second-order valence-corrected chi connectivity index (χ2v) is 6.07. The first kappa shape index (κ1) is 15.6. The van der Waals surface area contributed by atoms with Crippen molar-refractivity contribution in [3.63, 3.8) is 0 Å². The van der Waals surface area contributed by atoms with Crippen LogP contribution in [0.5, 0.6) is 0 Å². The molecule has 1 atom stereocenters. The van der Waals surface area contributed by atoms with Gasteiger partial charge in [0.1, 0.15) is 6.33 Å². The highest BCUT2D eigenvalue weighted by molar-refractivity contribution is 5.76. The lowest BCUT2D eigenvalue weighted by Gasteiger charge is -2.38. The normalized spacial score (nSPS) is 21.4. The van der Waals surface area contributed by atoms with Gasteiger partial charge in [0.25, 0.3) is 0 Å². The Morgan fingerprint density at radius 2 is 2.13 bits per heavy atom. The van der Waals surface area contributed by atoms with Gasteiger partial charge in [-0.25, -0.2) is 4.68 Å². The molecule has 3 rings (SSSR count). The van der Waals surface area contributed by atoms with E-state index in [9.17, 15) is 9.90 Å². The first-order valence-electron chi connectivity index (χ1n) is 7.93. The molecular weight excluding hydrogens is 294 g/mol. The van der Waals surface area contributed by atoms with Crippen LogP contribution >= 0.6 is 0 Å². The van der Waals surface area contributed by atoms with Gasteiger partial charge in [-0.2, -0.15) is 0 Å². The van der Waals surface area contributed by atoms with Crippen LogP contribution in [0.1, 0.15) is 24.8 Å². The summed E-state index contributed by atoms with van der Waals surface area (Å²) in [5.41, 5.74) is 1.19. The van der Waals surface area contributed by atoms with Crippen LogP contribution in [0, 0.1) is 5.92 Å². The number of benzene rings is 1. The maximum Gasteiger partial charge on any atom is 0.222 e. The SMILES string of the molecule is O=C(CCn1cnnn1)N[C@H](Cc1ccccc1)C1CC(O)C1. The maximum atomic E-state index is 12.2. The molecule has 1 saturated carbocycles. The van der Waals surface area contributed by atoms with Crippen molar-refractivity contribution in [2.45, 2.75) is 44.4 Å². The monoisotopic (exact) mass is 315 g/mol. The smallest absolute Gasteiger partial charge is 0.222 e. The molecule has 0 saturated heterocycles. The number of tetrazole rings is 1. The van der Waals surface area contributed by atoms with Gasteiger partial charge in [0.05, 0.1) is 12.6 Å². The van der Waals surface area contributed by atoms with E-state index in [1.165, 1.54) is 11.9 Å². The van der Waals surface area contributed by atoms with Crippen molar-refractivity contribution in [3.8, 4) is 0 Å². The molecule has 0 unspecified atom stereocenters. The van der Waals surface area contributed by atoms with Gasteiger partial charge in [-0.3, -0.25) is 4.79 Å². The number of rotatable bonds is 7. The van der Waals surface area contributed by atoms with Crippen LogP contribution < -0.4 is 5.32 Å². The summed E-state index contributed by atoms with van der Waals surface area (Å²) < 4.78 is 1.54. The van der Waals surface area contributed by atoms with E-state index in [2.05, 4.69) is 33.0 Å². The van der Waals surface area contributed by atoms with E-state index in [4.69, 9.17) is 0 Å². The fourth-order valence-electron chi connectivity index (χ4n) is 2.94. The van der Waals surface area contributed by atoms with Crippen LogP contribution in [0.3, 0.4) is 0 Å². The Balaban J connectivity index is 1.55. The third kappa shape index (κ3) is 4.35. The standard InChI is InChI=1S/C16H21N5O2/c22-14-9-13(10-14)15(8-12-4-2-1-3-5-12)18-16(23)6-7-21-11-17-19-20-21/h1-5,11,13-15,22H,6-10H2,(H,18,23)/t13?,14?,15-/m1/s1. The van der Waals surface area contributed by atoms with Crippen molar-refractivity contribution in [1.29, 1.82) is 0 Å². The Labute approximate surface area is 134 Å². The van der Waals surface area contributed by atoms with Crippen LogP contribution in [-0.2, 0) is 17.8 Å². The first-order valence-corrected chi connectivity index (χ1v) is 7.93. The topological polar surface area (TPSA) is 92.9 Å². The van der Waals surface area contributed by atoms with Crippen LogP contribution in [0.15, 0.2) is 36.7 Å². The number of aromatic nitrogens is 4. The van der Waals surface area contributed by atoms with E-state index >= 15 is 0 Å². The lowest BCUT2D eigenvalue weighted by molar-refractivity contribution is -0.123. The second kappa shape index (κ2) is 7.32. The molecule has 0 aliphatic heterocycles. The summed E-state index contributed by atoms with van der Waals surface area (Å²) in [6, 6.07) is 10.2. The highest BCUT2D eigenvalue weighted by atomic mass is 16.3. The molecule has 23 heavy (non-hydrogen) atoms. The molecule has 2 aromatic rings. The van der Waals surface area contributed by atoms with E-state index in [-0.39, 0.29) is 18.1 Å². The molecule has 1 aliphatic carbocycles. The lowest BCUT2D eigenvalue weighted by atomic mass is 9.75. The van der Waals surface area contributed by atoms with Gasteiger partial charge in [0.15, 0.2) is 0 Å². The molecule has 7 heteroatoms. The average Bonchev–Trinajstić information content (AvgIpc) is 3.04. The van der Waals surface area contributed by atoms with Gasteiger partial charge in [-0.1, -0.05) is 30.3 Å². The number of carbonyl (C=O) groups excluding carboxylic acids is 1. The Hall–Kier alpha value is -2.28. The fourth-order valence-corrected chi connectivity index (χ4v) is 2.94. The summed E-state index contributed by atoms with van der Waals surface area (Å²) in [6.45, 7) is 0.462. The number of nitrogens with zero attached hydrogens (tertiary/aromatic N) is 4. The zero-order valence-corrected chi connectivity index (χ0v) is 12.9. The zero-order valence-electron chi connectivity index (χ0n) is 12.9. The Morgan fingerprint density at radius 3 is 2.78 bits per heavy atom. The van der Waals surface area contributed by atoms with Gasteiger partial charge >= 0.3 is 0 Å². The van der Waals surface area contributed by atoms with Crippen molar-refractivity contribution in [1.82, 2.24) is 25.5 Å². The van der Waals surface area contributed by atoms with Gasteiger partial charge < -0.3 is 10.4 Å². The minimum Gasteiger partial charge on any atom is -0.393 e. The van der Waals surface area contributed by atoms with E-state index in [0.29, 0.717) is 18.9 Å². The zero-order chi connectivity index (χ0) is 16.1. The van der Waals surface area contributed by atoms with Crippen molar-refractivity contribution < 1.29 is 9.90 Å². The molecule has 1 aromatic heterocycles. The molecular formula is C16H21N5O2. The molecule has 1 fully saturated rings. The number of aliphatic hydroxyl groups is 1. The summed E-state index contributed by atoms with van der Waals surface area (Å²) in [6.07, 6.45) is 3.91. The van der Waals surface area contributed by atoms with Crippen molar-refractivity contribution in [2.24, 2.45) is 5.92 Å². The molecule has 122 valence electrons. The van der Waals surface area contributed by atoms with Crippen molar-refractivity contribution >= 4 is 5.91 Å². The third-order valence-corrected chi connectivity index (χ3v) is 4.32. The number of hydrogen-bond acceptors (Lipinski definition) is 5. The quantitative estimate of drug-likeness (QED) is 0.779. The van der Waals surface area contributed by atoms with E-state index in [1.807, 2.05) is 18.2 Å². The van der Waals surface area contributed by atoms with Gasteiger partial charge in [-0.15, -0.1) is 5.10 Å². The minimum atomic E-state index is -0.226. The number of hydrogen-bond donors (Lipinski definition) is 2. The summed E-state index contributed by atoms with van der Waals surface area (Å²) in [7, 11) is 0. The summed E-state index contributed by atoms with van der Waals surface area (Å²) in [5.74, 6) is 0.324. The molecule has 1 heterocycles. The fraction of sp³-hybridized carbons (Fsp3) is 0.500. The van der Waals surface area contributed by atoms with Crippen LogP contribution in [0.4, 0.5) is 0 Å². The van der Waals surface area contributed by atoms with Crippen LogP contribution in [0.25, 0.3) is 0 Å². The predicted molar refractivity (Wildman–Crippen MR) is 83.2 cm³/mol. The molecule has 0 spiro atoms. The Kier molecular flexibility index (Phi) is 4.97.